The Morgan fingerprint density at radius 1 is 0.966 bits per heavy atom. The zero-order chi connectivity index (χ0) is 21.0. The van der Waals surface area contributed by atoms with Gasteiger partial charge in [-0.15, -0.1) is 0 Å². The molecule has 150 valence electrons. The van der Waals surface area contributed by atoms with Crippen molar-refractivity contribution in [3.8, 4) is 5.75 Å². The fourth-order valence-corrected chi connectivity index (χ4v) is 3.16. The van der Waals surface area contributed by atoms with Gasteiger partial charge >= 0.3 is 0 Å². The first kappa shape index (κ1) is 20.4. The molecule has 0 aliphatic carbocycles. The van der Waals surface area contributed by atoms with Gasteiger partial charge in [-0.3, -0.25) is 9.59 Å². The Morgan fingerprint density at radius 2 is 1.62 bits per heavy atom. The monoisotopic (exact) mass is 390 g/mol. The van der Waals surface area contributed by atoms with Gasteiger partial charge in [-0.05, 0) is 53.1 Å². The number of nitrogens with one attached hydrogen (secondary N) is 1. The third kappa shape index (κ3) is 4.74. The SMILES string of the molecule is COc1ccc2cc([C@@H](C)C(=O)NCc3ccc(C(=O)N(C)C)cc3)ccc2c1. The molecular weight excluding hydrogens is 364 g/mol. The number of benzene rings is 3. The molecule has 3 aromatic carbocycles. The van der Waals surface area contributed by atoms with E-state index in [4.69, 9.17) is 4.74 Å². The number of fused-ring (bicyclic) bond motifs is 1. The largest absolute Gasteiger partial charge is 0.497 e. The molecular formula is C24H26N2O3. The van der Waals surface area contributed by atoms with Gasteiger partial charge in [0.15, 0.2) is 0 Å². The van der Waals surface area contributed by atoms with Crippen molar-refractivity contribution in [3.63, 3.8) is 0 Å². The van der Waals surface area contributed by atoms with E-state index in [0.29, 0.717) is 12.1 Å². The van der Waals surface area contributed by atoms with Crippen molar-refractivity contribution in [2.24, 2.45) is 0 Å². The number of rotatable bonds is 6. The Hall–Kier alpha value is -3.34. The number of carbonyl (C=O) groups is 2. The van der Waals surface area contributed by atoms with Crippen molar-refractivity contribution in [1.82, 2.24) is 10.2 Å². The molecule has 0 bridgehead atoms. The minimum Gasteiger partial charge on any atom is -0.497 e. The standard InChI is InChI=1S/C24H26N2O3/c1-16(19-9-10-21-14-22(29-4)12-11-20(21)13-19)23(27)25-15-17-5-7-18(8-6-17)24(28)26(2)3/h5-14,16H,15H2,1-4H3,(H,25,27)/t16-/m1/s1. The first-order chi connectivity index (χ1) is 13.9. The van der Waals surface area contributed by atoms with E-state index >= 15 is 0 Å². The second-order valence-corrected chi connectivity index (χ2v) is 7.31. The van der Waals surface area contributed by atoms with Crippen LogP contribution in [0.3, 0.4) is 0 Å². The summed E-state index contributed by atoms with van der Waals surface area (Å²) in [6, 6.07) is 19.2. The highest BCUT2D eigenvalue weighted by Gasteiger charge is 2.15. The molecule has 0 saturated heterocycles. The van der Waals surface area contributed by atoms with Crippen molar-refractivity contribution in [2.75, 3.05) is 21.2 Å². The maximum absolute atomic E-state index is 12.6. The minimum absolute atomic E-state index is 0.0358. The smallest absolute Gasteiger partial charge is 0.253 e. The zero-order valence-electron chi connectivity index (χ0n) is 17.2. The summed E-state index contributed by atoms with van der Waals surface area (Å²) < 4.78 is 5.26. The van der Waals surface area contributed by atoms with E-state index < -0.39 is 0 Å². The zero-order valence-corrected chi connectivity index (χ0v) is 17.2. The van der Waals surface area contributed by atoms with Gasteiger partial charge in [0.25, 0.3) is 5.91 Å². The number of carbonyl (C=O) groups excluding carboxylic acids is 2. The predicted molar refractivity (Wildman–Crippen MR) is 115 cm³/mol. The average Bonchev–Trinajstić information content (AvgIpc) is 2.75. The maximum Gasteiger partial charge on any atom is 0.253 e. The molecule has 3 aromatic rings. The number of methoxy groups -OCH3 is 1. The van der Waals surface area contributed by atoms with Crippen LogP contribution in [0, 0.1) is 0 Å². The summed E-state index contributed by atoms with van der Waals surface area (Å²) in [5.41, 5.74) is 2.55. The summed E-state index contributed by atoms with van der Waals surface area (Å²) in [5, 5.41) is 5.13. The molecule has 0 heterocycles. The van der Waals surface area contributed by atoms with Gasteiger partial charge in [0.1, 0.15) is 5.75 Å². The molecule has 1 atom stereocenters. The lowest BCUT2D eigenvalue weighted by molar-refractivity contribution is -0.122. The van der Waals surface area contributed by atoms with E-state index in [1.165, 1.54) is 4.90 Å². The molecule has 5 heteroatoms. The topological polar surface area (TPSA) is 58.6 Å². The molecule has 0 unspecified atom stereocenters. The van der Waals surface area contributed by atoms with Crippen molar-refractivity contribution in [3.05, 3.63) is 77.4 Å². The Bertz CT molecular complexity index is 1030. The summed E-state index contributed by atoms with van der Waals surface area (Å²) in [5.74, 6) is 0.472. The first-order valence-electron chi connectivity index (χ1n) is 9.55. The number of hydrogen-bond acceptors (Lipinski definition) is 3. The van der Waals surface area contributed by atoms with E-state index in [1.807, 2.05) is 55.5 Å². The molecule has 5 nitrogen and oxygen atoms in total. The van der Waals surface area contributed by atoms with Crippen LogP contribution in [0.2, 0.25) is 0 Å². The van der Waals surface area contributed by atoms with Crippen LogP contribution in [-0.4, -0.2) is 37.9 Å². The molecule has 0 aliphatic rings. The van der Waals surface area contributed by atoms with Gasteiger partial charge in [0.05, 0.1) is 13.0 Å². The Labute approximate surface area is 171 Å². The molecule has 29 heavy (non-hydrogen) atoms. The Balaban J connectivity index is 1.64. The number of ether oxygens (including phenoxy) is 1. The normalized spacial score (nSPS) is 11.7. The van der Waals surface area contributed by atoms with Gasteiger partial charge in [0, 0.05) is 26.2 Å². The van der Waals surface area contributed by atoms with Crippen molar-refractivity contribution in [1.29, 1.82) is 0 Å². The molecule has 0 radical (unpaired) electrons. The van der Waals surface area contributed by atoms with E-state index in [9.17, 15) is 9.59 Å². The molecule has 2 amide bonds. The molecule has 0 saturated carbocycles. The molecule has 0 fully saturated rings. The lowest BCUT2D eigenvalue weighted by Crippen LogP contribution is -2.27. The van der Waals surface area contributed by atoms with Gasteiger partial charge in [-0.1, -0.05) is 36.4 Å². The molecule has 0 aromatic heterocycles. The average molecular weight is 390 g/mol. The van der Waals surface area contributed by atoms with Crippen molar-refractivity contribution in [2.45, 2.75) is 19.4 Å². The van der Waals surface area contributed by atoms with Crippen LogP contribution in [0.1, 0.15) is 34.3 Å². The quantitative estimate of drug-likeness (QED) is 0.693. The molecule has 1 N–H and O–H groups in total. The predicted octanol–water partition coefficient (Wildman–Crippen LogP) is 3.97. The van der Waals surface area contributed by atoms with E-state index in [0.717, 1.165) is 27.6 Å². The van der Waals surface area contributed by atoms with Crippen LogP contribution >= 0.6 is 0 Å². The number of hydrogen-bond donors (Lipinski definition) is 1. The highest BCUT2D eigenvalue weighted by Crippen LogP contribution is 2.25. The minimum atomic E-state index is -0.268. The molecule has 3 rings (SSSR count). The summed E-state index contributed by atoms with van der Waals surface area (Å²) in [6.07, 6.45) is 0. The summed E-state index contributed by atoms with van der Waals surface area (Å²) in [6.45, 7) is 2.32. The highest BCUT2D eigenvalue weighted by molar-refractivity contribution is 5.94. The van der Waals surface area contributed by atoms with Crippen LogP contribution in [0.25, 0.3) is 10.8 Å². The Morgan fingerprint density at radius 3 is 2.28 bits per heavy atom. The summed E-state index contributed by atoms with van der Waals surface area (Å²) in [4.78, 5) is 26.1. The van der Waals surface area contributed by atoms with Crippen LogP contribution < -0.4 is 10.1 Å². The number of amides is 2. The third-order valence-corrected chi connectivity index (χ3v) is 5.04. The molecule has 0 spiro atoms. The lowest BCUT2D eigenvalue weighted by Gasteiger charge is -2.14. The van der Waals surface area contributed by atoms with E-state index in [-0.39, 0.29) is 17.7 Å². The summed E-state index contributed by atoms with van der Waals surface area (Å²) >= 11 is 0. The lowest BCUT2D eigenvalue weighted by atomic mass is 9.97. The Kier molecular flexibility index (Phi) is 6.17. The first-order valence-corrected chi connectivity index (χ1v) is 9.55. The van der Waals surface area contributed by atoms with Crippen LogP contribution in [0.15, 0.2) is 60.7 Å². The van der Waals surface area contributed by atoms with E-state index in [1.54, 1.807) is 33.3 Å². The molecule has 0 aliphatic heterocycles. The van der Waals surface area contributed by atoms with Crippen LogP contribution in [0.5, 0.6) is 5.75 Å². The van der Waals surface area contributed by atoms with Crippen molar-refractivity contribution >= 4 is 22.6 Å². The van der Waals surface area contributed by atoms with Gasteiger partial charge < -0.3 is 15.0 Å². The second-order valence-electron chi connectivity index (χ2n) is 7.31. The fraction of sp³-hybridized carbons (Fsp3) is 0.250. The highest BCUT2D eigenvalue weighted by atomic mass is 16.5. The second kappa shape index (κ2) is 8.78. The van der Waals surface area contributed by atoms with Crippen LogP contribution in [0.4, 0.5) is 0 Å². The number of nitrogens with zero attached hydrogens (tertiary/aromatic N) is 1. The van der Waals surface area contributed by atoms with Gasteiger partial charge in [-0.2, -0.15) is 0 Å². The van der Waals surface area contributed by atoms with E-state index in [2.05, 4.69) is 5.32 Å². The summed E-state index contributed by atoms with van der Waals surface area (Å²) in [7, 11) is 5.10. The fourth-order valence-electron chi connectivity index (χ4n) is 3.16. The van der Waals surface area contributed by atoms with Gasteiger partial charge in [-0.25, -0.2) is 0 Å². The third-order valence-electron chi connectivity index (χ3n) is 5.04. The van der Waals surface area contributed by atoms with Crippen molar-refractivity contribution < 1.29 is 14.3 Å². The van der Waals surface area contributed by atoms with Crippen LogP contribution in [-0.2, 0) is 11.3 Å². The maximum atomic E-state index is 12.6. The van der Waals surface area contributed by atoms with Gasteiger partial charge in [0.2, 0.25) is 5.91 Å².